The fourth-order valence-electron chi connectivity index (χ4n) is 6.79. The number of carbonyl (C=O) groups is 4. The van der Waals surface area contributed by atoms with Gasteiger partial charge in [-0.05, 0) is 47.5 Å². The van der Waals surface area contributed by atoms with Gasteiger partial charge in [0.05, 0.1) is 47.5 Å². The largest absolute Gasteiger partial charge is 0.342 e. The van der Waals surface area contributed by atoms with Crippen LogP contribution in [0, 0.1) is 23.3 Å². The van der Waals surface area contributed by atoms with Gasteiger partial charge in [-0.1, -0.05) is 26.0 Å². The van der Waals surface area contributed by atoms with Gasteiger partial charge in [0, 0.05) is 51.9 Å². The van der Waals surface area contributed by atoms with Crippen LogP contribution >= 0.6 is 0 Å². The molecule has 4 amide bonds. The predicted molar refractivity (Wildman–Crippen MR) is 224 cm³/mol. The van der Waals surface area contributed by atoms with Gasteiger partial charge in [0.2, 0.25) is 23.6 Å². The second kappa shape index (κ2) is 19.3. The van der Waals surface area contributed by atoms with E-state index in [0.717, 1.165) is 34.1 Å². The first-order valence-corrected chi connectivity index (χ1v) is 20.9. The van der Waals surface area contributed by atoms with Crippen molar-refractivity contribution in [3.8, 4) is 0 Å². The number of aryl methyl sites for hydroxylation is 2. The molecule has 0 aliphatic carbocycles. The molecule has 1 aliphatic rings. The number of hydrogen-bond acceptors (Lipinski definition) is 10. The molecule has 63 heavy (non-hydrogen) atoms. The maximum absolute atomic E-state index is 14.2. The molecule has 16 nitrogen and oxygen atoms in total. The molecule has 5 aromatic rings. The van der Waals surface area contributed by atoms with Crippen LogP contribution in [-0.4, -0.2) is 91.3 Å². The van der Waals surface area contributed by atoms with Crippen molar-refractivity contribution in [3.63, 3.8) is 0 Å². The Hall–Kier alpha value is -7.03. The molecule has 0 saturated heterocycles. The van der Waals surface area contributed by atoms with Gasteiger partial charge in [0.1, 0.15) is 60.1 Å². The lowest BCUT2D eigenvalue weighted by atomic mass is 10.0. The Kier molecular flexibility index (Phi) is 14.0. The number of rotatable bonds is 16. The van der Waals surface area contributed by atoms with Crippen molar-refractivity contribution in [1.29, 1.82) is 0 Å². The molecule has 21 heteroatoms. The van der Waals surface area contributed by atoms with E-state index in [9.17, 15) is 45.2 Å². The fraction of sp³-hybridized carbons (Fsp3) is 0.286. The smallest absolute Gasteiger partial charge is 0.327 e. The third-order valence-electron chi connectivity index (χ3n) is 9.99. The highest BCUT2D eigenvalue weighted by Gasteiger charge is 2.43. The van der Waals surface area contributed by atoms with Crippen LogP contribution < -0.4 is 29.0 Å². The number of carbonyl (C=O) groups excluding carboxylic acids is 4. The summed E-state index contributed by atoms with van der Waals surface area (Å²) in [5.41, 5.74) is 0.483. The third kappa shape index (κ3) is 10.7. The molecule has 2 atom stereocenters. The Balaban J connectivity index is 1.23. The van der Waals surface area contributed by atoms with Gasteiger partial charge in [-0.15, -0.1) is 0 Å². The molecule has 0 bridgehead atoms. The van der Waals surface area contributed by atoms with Crippen LogP contribution in [-0.2, 0) is 55.1 Å². The minimum atomic E-state index is -4.74. The van der Waals surface area contributed by atoms with Crippen molar-refractivity contribution in [2.45, 2.75) is 51.6 Å². The van der Waals surface area contributed by atoms with E-state index in [4.69, 9.17) is 0 Å². The lowest BCUT2D eigenvalue weighted by Crippen LogP contribution is -2.53. The van der Waals surface area contributed by atoms with Crippen molar-refractivity contribution < 1.29 is 45.2 Å². The maximum Gasteiger partial charge on any atom is 0.327 e. The highest BCUT2D eigenvalue weighted by molar-refractivity contribution is 7.94. The third-order valence-corrected chi connectivity index (χ3v) is 11.8. The molecule has 3 heterocycles. The summed E-state index contributed by atoms with van der Waals surface area (Å²) in [6.45, 7) is 1.86. The highest BCUT2D eigenvalue weighted by Crippen LogP contribution is 2.40. The summed E-state index contributed by atoms with van der Waals surface area (Å²) in [6.07, 6.45) is 5.80. The number of nitrogens with one attached hydrogen (secondary N) is 2. The van der Waals surface area contributed by atoms with Gasteiger partial charge < -0.3 is 20.4 Å². The Morgan fingerprint density at radius 2 is 0.937 bits per heavy atom. The Bertz CT molecular complexity index is 2410. The van der Waals surface area contributed by atoms with Crippen LogP contribution in [0.5, 0.6) is 0 Å². The number of anilines is 4. The normalized spacial score (nSPS) is 13.8. The highest BCUT2D eigenvalue weighted by atomic mass is 32.2. The van der Waals surface area contributed by atoms with Crippen LogP contribution in [0.2, 0.25) is 0 Å². The molecule has 330 valence electrons. The first kappa shape index (κ1) is 45.5. The number of aromatic nitrogens is 4. The summed E-state index contributed by atoms with van der Waals surface area (Å²) in [5, 5.41) is 5.01. The van der Waals surface area contributed by atoms with Crippen LogP contribution in [0.1, 0.15) is 36.6 Å². The van der Waals surface area contributed by atoms with Crippen molar-refractivity contribution >= 4 is 56.6 Å². The molecular formula is C42H42F4N10O6S. The zero-order valence-corrected chi connectivity index (χ0v) is 35.2. The zero-order chi connectivity index (χ0) is 45.6. The predicted octanol–water partition coefficient (Wildman–Crippen LogP) is 3.60. The molecule has 2 N–H and O–H groups in total. The van der Waals surface area contributed by atoms with E-state index < -0.39 is 95.1 Å². The molecule has 0 saturated carbocycles. The lowest BCUT2D eigenvalue weighted by Gasteiger charge is -2.27. The Morgan fingerprint density at radius 3 is 1.25 bits per heavy atom. The van der Waals surface area contributed by atoms with Crippen molar-refractivity contribution in [2.75, 3.05) is 45.6 Å². The summed E-state index contributed by atoms with van der Waals surface area (Å²) in [6, 6.07) is 8.04. The fourth-order valence-corrected chi connectivity index (χ4v) is 8.39. The summed E-state index contributed by atoms with van der Waals surface area (Å²) in [5.74, 6) is -6.17. The van der Waals surface area contributed by atoms with Crippen LogP contribution in [0.3, 0.4) is 0 Å². The average Bonchev–Trinajstić information content (AvgIpc) is 3.45. The minimum absolute atomic E-state index is 0.0149. The van der Waals surface area contributed by atoms with E-state index in [1.807, 2.05) is 13.8 Å². The quantitative estimate of drug-likeness (QED) is 0.139. The number of benzene rings is 3. The number of fused-ring (bicyclic) bond motifs is 1. The lowest BCUT2D eigenvalue weighted by molar-refractivity contribution is -0.126. The van der Waals surface area contributed by atoms with E-state index in [2.05, 4.69) is 30.6 Å². The summed E-state index contributed by atoms with van der Waals surface area (Å²) in [7, 11) is -1.98. The van der Waals surface area contributed by atoms with Gasteiger partial charge in [-0.25, -0.2) is 46.1 Å². The van der Waals surface area contributed by atoms with E-state index in [1.165, 1.54) is 63.1 Å². The standard InChI is InChI=1S/C42H42F4N10O6S/c1-5-37-47-19-31(20-48-37)53(3)41(59)33(15-25-11-27(43)17-28(44)12-25)51-39(57)23-55-35-9-7-8-10-36(35)56(63(55,61)62)24-40(58)52-34(16-26-13-29(45)18-30(46)14-26)42(60)54(4)32-21-49-38(6-2)50-22-32/h7-14,17-22,33-34H,5-6,15-16,23-24H2,1-4H3,(H,51,57)(H,52,58)/t33-,34?/m0/s1. The van der Waals surface area contributed by atoms with E-state index in [0.29, 0.717) is 45.2 Å². The number of amides is 4. The topological polar surface area (TPSA) is 191 Å². The summed E-state index contributed by atoms with van der Waals surface area (Å²) in [4.78, 5) is 74.4. The zero-order valence-electron chi connectivity index (χ0n) is 34.4. The van der Waals surface area contributed by atoms with Gasteiger partial charge in [-0.2, -0.15) is 8.42 Å². The van der Waals surface area contributed by atoms with Crippen molar-refractivity contribution in [3.05, 3.63) is 131 Å². The van der Waals surface area contributed by atoms with Gasteiger partial charge in [-0.3, -0.25) is 19.2 Å². The van der Waals surface area contributed by atoms with E-state index in [1.54, 1.807) is 0 Å². The second-order valence-electron chi connectivity index (χ2n) is 14.4. The van der Waals surface area contributed by atoms with Crippen LogP contribution in [0.25, 0.3) is 0 Å². The van der Waals surface area contributed by atoms with E-state index in [-0.39, 0.29) is 33.9 Å². The van der Waals surface area contributed by atoms with Crippen LogP contribution in [0.4, 0.5) is 40.3 Å². The molecule has 0 spiro atoms. The second-order valence-corrected chi connectivity index (χ2v) is 16.2. The van der Waals surface area contributed by atoms with Crippen LogP contribution in [0.15, 0.2) is 85.5 Å². The first-order chi connectivity index (χ1) is 30.0. The molecule has 2 aromatic heterocycles. The first-order valence-electron chi connectivity index (χ1n) is 19.5. The SMILES string of the molecule is CCc1ncc(N(C)C(=O)C(Cc2cc(F)cc(F)c2)NC(=O)CN2c3ccccc3N(CC(=O)N[C@@H](Cc3cc(F)cc(F)c3)C(=O)N(C)c3cnc(CC)nc3)S2(=O)=O)cn1. The monoisotopic (exact) mass is 890 g/mol. The van der Waals surface area contributed by atoms with Gasteiger partial charge in [0.25, 0.3) is 0 Å². The number of para-hydroxylation sites is 2. The molecular weight excluding hydrogens is 849 g/mol. The number of nitrogens with zero attached hydrogens (tertiary/aromatic N) is 8. The molecule has 1 unspecified atom stereocenters. The number of likely N-dealkylation sites (N-methyl/N-ethyl adjacent to an activating group) is 2. The number of halogens is 4. The molecule has 0 fully saturated rings. The van der Waals surface area contributed by atoms with Gasteiger partial charge >= 0.3 is 10.2 Å². The number of hydrogen-bond donors (Lipinski definition) is 2. The maximum atomic E-state index is 14.2. The molecule has 3 aromatic carbocycles. The Morgan fingerprint density at radius 1 is 0.603 bits per heavy atom. The average molecular weight is 891 g/mol. The van der Waals surface area contributed by atoms with E-state index >= 15 is 0 Å². The molecule has 0 radical (unpaired) electrons. The van der Waals surface area contributed by atoms with Crippen molar-refractivity contribution in [1.82, 2.24) is 30.6 Å². The summed E-state index contributed by atoms with van der Waals surface area (Å²) < 4.78 is 86.8. The minimum Gasteiger partial charge on any atom is -0.342 e. The summed E-state index contributed by atoms with van der Waals surface area (Å²) >= 11 is 0. The molecule has 6 rings (SSSR count). The molecule has 1 aliphatic heterocycles. The Labute approximate surface area is 360 Å². The van der Waals surface area contributed by atoms with Gasteiger partial charge in [0.15, 0.2) is 0 Å². The van der Waals surface area contributed by atoms with Crippen molar-refractivity contribution in [2.24, 2.45) is 0 Å².